The van der Waals surface area contributed by atoms with Gasteiger partial charge in [-0.15, -0.1) is 0 Å². The van der Waals surface area contributed by atoms with Crippen molar-refractivity contribution in [1.29, 1.82) is 0 Å². The fourth-order valence-corrected chi connectivity index (χ4v) is 4.33. The molecule has 0 aliphatic carbocycles. The third kappa shape index (κ3) is 3.29. The number of benzene rings is 4. The molecule has 4 aromatic carbocycles. The molecule has 1 heteroatoms. The zero-order chi connectivity index (χ0) is 20.3. The van der Waals surface area contributed by atoms with E-state index in [9.17, 15) is 0 Å². The van der Waals surface area contributed by atoms with Crippen molar-refractivity contribution in [3.8, 4) is 0 Å². The summed E-state index contributed by atoms with van der Waals surface area (Å²) in [5, 5.41) is 0. The van der Waals surface area contributed by atoms with E-state index in [-0.39, 0.29) is 6.04 Å². The van der Waals surface area contributed by atoms with Crippen LogP contribution in [0.5, 0.6) is 0 Å². The summed E-state index contributed by atoms with van der Waals surface area (Å²) in [4.78, 5) is 5.28. The fourth-order valence-electron chi connectivity index (χ4n) is 4.33. The van der Waals surface area contributed by atoms with Crippen LogP contribution in [0, 0.1) is 0 Å². The second kappa shape index (κ2) is 7.96. The first-order valence-corrected chi connectivity index (χ1v) is 10.4. The van der Waals surface area contributed by atoms with E-state index in [1.165, 1.54) is 33.4 Å². The quantitative estimate of drug-likeness (QED) is 0.364. The van der Waals surface area contributed by atoms with E-state index in [1.54, 1.807) is 0 Å². The number of hydrogen-bond acceptors (Lipinski definition) is 1. The maximum absolute atomic E-state index is 5.28. The summed E-state index contributed by atoms with van der Waals surface area (Å²) in [5.74, 6) is 0. The zero-order valence-corrected chi connectivity index (χ0v) is 17.0. The van der Waals surface area contributed by atoms with E-state index in [0.29, 0.717) is 0 Å². The van der Waals surface area contributed by atoms with Crippen LogP contribution in [0.2, 0.25) is 0 Å². The molecule has 0 saturated heterocycles. The van der Waals surface area contributed by atoms with Gasteiger partial charge in [-0.3, -0.25) is 4.99 Å². The first-order chi connectivity index (χ1) is 14.8. The predicted octanol–water partition coefficient (Wildman–Crippen LogP) is 6.89. The average Bonchev–Trinajstić information content (AvgIpc) is 2.95. The van der Waals surface area contributed by atoms with Crippen LogP contribution in [-0.2, 0) is 0 Å². The van der Waals surface area contributed by atoms with Crippen LogP contribution in [0.1, 0.15) is 34.7 Å². The van der Waals surface area contributed by atoms with Crippen molar-refractivity contribution < 1.29 is 0 Å². The summed E-state index contributed by atoms with van der Waals surface area (Å²) >= 11 is 0. The smallest absolute Gasteiger partial charge is 0.0740 e. The first kappa shape index (κ1) is 18.3. The highest BCUT2D eigenvalue weighted by molar-refractivity contribution is 6.19. The normalized spacial score (nSPS) is 15.9. The highest BCUT2D eigenvalue weighted by Gasteiger charge is 2.26. The van der Waals surface area contributed by atoms with Crippen molar-refractivity contribution in [2.75, 3.05) is 0 Å². The number of nitrogens with zero attached hydrogens (tertiary/aromatic N) is 1. The van der Waals surface area contributed by atoms with Crippen LogP contribution in [0.25, 0.3) is 11.1 Å². The van der Waals surface area contributed by atoms with Gasteiger partial charge in [0, 0.05) is 11.1 Å². The van der Waals surface area contributed by atoms with E-state index < -0.39 is 0 Å². The molecule has 0 fully saturated rings. The second-order valence-electron chi connectivity index (χ2n) is 7.59. The Kier molecular flexibility index (Phi) is 4.86. The maximum atomic E-state index is 5.28. The van der Waals surface area contributed by atoms with Crippen LogP contribution in [0.15, 0.2) is 120 Å². The molecule has 1 atom stereocenters. The fraction of sp³-hybridized carbons (Fsp3) is 0.0690. The lowest BCUT2D eigenvalue weighted by atomic mass is 9.85. The van der Waals surface area contributed by atoms with Gasteiger partial charge in [0.25, 0.3) is 0 Å². The lowest BCUT2D eigenvalue weighted by molar-refractivity contribution is 0.951. The molecular weight excluding hydrogens is 362 g/mol. The van der Waals surface area contributed by atoms with Gasteiger partial charge in [0.05, 0.1) is 11.8 Å². The molecule has 4 aromatic rings. The van der Waals surface area contributed by atoms with Crippen molar-refractivity contribution >= 4 is 16.9 Å². The van der Waals surface area contributed by atoms with E-state index in [0.717, 1.165) is 11.3 Å². The van der Waals surface area contributed by atoms with Gasteiger partial charge in [0.15, 0.2) is 0 Å². The molecule has 0 N–H and O–H groups in total. The molecule has 0 bridgehead atoms. The summed E-state index contributed by atoms with van der Waals surface area (Å²) in [7, 11) is 0. The lowest BCUT2D eigenvalue weighted by Gasteiger charge is -2.19. The van der Waals surface area contributed by atoms with Gasteiger partial charge >= 0.3 is 0 Å². The van der Waals surface area contributed by atoms with E-state index in [1.807, 2.05) is 0 Å². The molecular formula is C29H23N. The van der Waals surface area contributed by atoms with Crippen molar-refractivity contribution in [3.63, 3.8) is 0 Å². The van der Waals surface area contributed by atoms with E-state index in [2.05, 4.69) is 122 Å². The minimum absolute atomic E-state index is 0.0187. The predicted molar refractivity (Wildman–Crippen MR) is 127 cm³/mol. The summed E-state index contributed by atoms with van der Waals surface area (Å²) in [5.41, 5.74) is 9.59. The van der Waals surface area contributed by atoms with Crippen LogP contribution in [0.4, 0.5) is 0 Å². The van der Waals surface area contributed by atoms with Gasteiger partial charge in [0.1, 0.15) is 0 Å². The van der Waals surface area contributed by atoms with E-state index >= 15 is 0 Å². The number of rotatable bonds is 3. The monoisotopic (exact) mass is 385 g/mol. The van der Waals surface area contributed by atoms with Gasteiger partial charge in [0.2, 0.25) is 0 Å². The molecule has 1 unspecified atom stereocenters. The molecule has 1 heterocycles. The molecule has 144 valence electrons. The van der Waals surface area contributed by atoms with Crippen molar-refractivity contribution in [2.45, 2.75) is 13.0 Å². The number of aliphatic imine (C=N–C) groups is 1. The van der Waals surface area contributed by atoms with Crippen molar-refractivity contribution in [1.82, 2.24) is 0 Å². The summed E-state index contributed by atoms with van der Waals surface area (Å²) < 4.78 is 0. The second-order valence-corrected chi connectivity index (χ2v) is 7.59. The molecule has 1 nitrogen and oxygen atoms in total. The molecule has 0 saturated carbocycles. The Bertz CT molecular complexity index is 1220. The summed E-state index contributed by atoms with van der Waals surface area (Å²) in [6.45, 7) is 2.21. The van der Waals surface area contributed by atoms with Crippen LogP contribution in [-0.4, -0.2) is 11.8 Å². The third-order valence-electron chi connectivity index (χ3n) is 5.66. The molecule has 5 rings (SSSR count). The zero-order valence-electron chi connectivity index (χ0n) is 17.0. The Balaban J connectivity index is 1.86. The highest BCUT2D eigenvalue weighted by Crippen LogP contribution is 2.39. The number of fused-ring (bicyclic) bond motifs is 1. The Labute approximate surface area is 178 Å². The minimum atomic E-state index is 0.0187. The van der Waals surface area contributed by atoms with E-state index in [4.69, 9.17) is 4.99 Å². The molecule has 0 amide bonds. The third-order valence-corrected chi connectivity index (χ3v) is 5.66. The minimum Gasteiger partial charge on any atom is -0.276 e. The van der Waals surface area contributed by atoms with Gasteiger partial charge in [-0.05, 0) is 34.8 Å². The molecule has 1 aliphatic rings. The van der Waals surface area contributed by atoms with Crippen LogP contribution >= 0.6 is 0 Å². The van der Waals surface area contributed by atoms with Gasteiger partial charge in [-0.2, -0.15) is 0 Å². The van der Waals surface area contributed by atoms with Crippen LogP contribution < -0.4 is 0 Å². The summed E-state index contributed by atoms with van der Waals surface area (Å²) in [6, 6.07) is 40.6. The Morgan fingerprint density at radius 1 is 0.500 bits per heavy atom. The van der Waals surface area contributed by atoms with Crippen molar-refractivity contribution in [3.05, 3.63) is 143 Å². The largest absolute Gasteiger partial charge is 0.276 e. The van der Waals surface area contributed by atoms with Crippen LogP contribution in [0.3, 0.4) is 0 Å². The average molecular weight is 386 g/mol. The molecule has 30 heavy (non-hydrogen) atoms. The standard InChI is InChI=1S/C29H23N/c1-21-27(22-13-5-2-6-14-22)28(23-15-7-3-8-16-23)25-19-11-12-20-26(25)29(30-21)24-17-9-4-10-18-24/h2-21H,1H3. The molecule has 0 aromatic heterocycles. The Morgan fingerprint density at radius 2 is 0.967 bits per heavy atom. The number of hydrogen-bond donors (Lipinski definition) is 0. The molecule has 1 aliphatic heterocycles. The SMILES string of the molecule is CC1N=C(c2ccccc2)c2ccccc2C(c2ccccc2)=C1c1ccccc1. The topological polar surface area (TPSA) is 12.4 Å². The highest BCUT2D eigenvalue weighted by atomic mass is 14.8. The molecule has 0 spiro atoms. The van der Waals surface area contributed by atoms with Crippen molar-refractivity contribution in [2.24, 2.45) is 4.99 Å². The Morgan fingerprint density at radius 3 is 1.57 bits per heavy atom. The Hall–Kier alpha value is -3.71. The van der Waals surface area contributed by atoms with Gasteiger partial charge in [-0.1, -0.05) is 115 Å². The summed E-state index contributed by atoms with van der Waals surface area (Å²) in [6.07, 6.45) is 0. The maximum Gasteiger partial charge on any atom is 0.0740 e. The van der Waals surface area contributed by atoms with Gasteiger partial charge < -0.3 is 0 Å². The first-order valence-electron chi connectivity index (χ1n) is 10.4. The molecule has 0 radical (unpaired) electrons. The van der Waals surface area contributed by atoms with Gasteiger partial charge in [-0.25, -0.2) is 0 Å². The lowest BCUT2D eigenvalue weighted by Crippen LogP contribution is -2.08.